The molecule has 2 aliphatic heterocycles. The summed E-state index contributed by atoms with van der Waals surface area (Å²) in [5.41, 5.74) is 5.09. The second-order valence-electron chi connectivity index (χ2n) is 9.94. The third-order valence-corrected chi connectivity index (χ3v) is 8.62. The lowest BCUT2D eigenvalue weighted by atomic mass is 9.72. The summed E-state index contributed by atoms with van der Waals surface area (Å²) in [6.45, 7) is 9.63. The van der Waals surface area contributed by atoms with E-state index in [0.717, 1.165) is 51.1 Å². The van der Waals surface area contributed by atoms with Crippen LogP contribution in [0.5, 0.6) is 0 Å². The van der Waals surface area contributed by atoms with Gasteiger partial charge in [-0.1, -0.05) is 12.1 Å². The first kappa shape index (κ1) is 21.7. The van der Waals surface area contributed by atoms with Crippen LogP contribution in [-0.2, 0) is 23.1 Å². The van der Waals surface area contributed by atoms with E-state index in [1.807, 2.05) is 23.7 Å². The van der Waals surface area contributed by atoms with Crippen LogP contribution in [0.15, 0.2) is 54.3 Å². The van der Waals surface area contributed by atoms with Gasteiger partial charge in [-0.3, -0.25) is 14.9 Å². The number of aromatic nitrogens is 2. The van der Waals surface area contributed by atoms with Crippen LogP contribution >= 0.6 is 11.3 Å². The molecule has 5 heteroatoms. The van der Waals surface area contributed by atoms with E-state index >= 15 is 0 Å². The number of ether oxygens (including phenoxy) is 1. The number of fused-ring (bicyclic) bond motifs is 1. The fourth-order valence-corrected chi connectivity index (χ4v) is 6.26. The summed E-state index contributed by atoms with van der Waals surface area (Å²) in [6, 6.07) is 11.0. The van der Waals surface area contributed by atoms with Crippen LogP contribution in [0.2, 0.25) is 0 Å². The first-order valence-electron chi connectivity index (χ1n) is 11.7. The Labute approximate surface area is 195 Å². The van der Waals surface area contributed by atoms with Crippen molar-refractivity contribution in [2.75, 3.05) is 19.7 Å². The number of likely N-dealkylation sites (tertiary alicyclic amines) is 1. The first-order chi connectivity index (χ1) is 15.5. The van der Waals surface area contributed by atoms with Crippen LogP contribution < -0.4 is 0 Å². The van der Waals surface area contributed by atoms with Gasteiger partial charge in [-0.15, -0.1) is 11.3 Å². The maximum atomic E-state index is 6.58. The van der Waals surface area contributed by atoms with Crippen LogP contribution in [0.3, 0.4) is 0 Å². The lowest BCUT2D eigenvalue weighted by Crippen LogP contribution is -2.43. The molecule has 4 nitrogen and oxygen atoms in total. The van der Waals surface area contributed by atoms with Gasteiger partial charge in [0.25, 0.3) is 0 Å². The van der Waals surface area contributed by atoms with E-state index < -0.39 is 0 Å². The van der Waals surface area contributed by atoms with Gasteiger partial charge in [0.1, 0.15) is 0 Å². The van der Waals surface area contributed by atoms with Crippen molar-refractivity contribution >= 4 is 11.3 Å². The molecule has 0 N–H and O–H groups in total. The molecule has 0 spiro atoms. The molecule has 0 aliphatic carbocycles. The van der Waals surface area contributed by atoms with Crippen molar-refractivity contribution in [2.45, 2.75) is 58.1 Å². The van der Waals surface area contributed by atoms with E-state index in [0.29, 0.717) is 0 Å². The highest BCUT2D eigenvalue weighted by molar-refractivity contribution is 7.09. The minimum Gasteiger partial charge on any atom is -0.373 e. The zero-order chi connectivity index (χ0) is 22.2. The molecule has 2 aliphatic rings. The number of hydrogen-bond donors (Lipinski definition) is 0. The van der Waals surface area contributed by atoms with Gasteiger partial charge < -0.3 is 4.74 Å². The second kappa shape index (κ2) is 8.69. The molecule has 5 heterocycles. The smallest absolute Gasteiger partial charge is 0.0897 e. The number of hydrogen-bond acceptors (Lipinski definition) is 5. The third kappa shape index (κ3) is 4.02. The zero-order valence-corrected chi connectivity index (χ0v) is 20.2. The van der Waals surface area contributed by atoms with Crippen LogP contribution in [0.4, 0.5) is 0 Å². The SMILES string of the molecule is Cc1ccc(C(C)(C)N2CCC(CCc3cccs3)(C3OCCc4cnccc43)C2)cn1. The molecule has 0 aromatic carbocycles. The fraction of sp³-hybridized carbons (Fsp3) is 0.481. The Morgan fingerprint density at radius 3 is 2.91 bits per heavy atom. The van der Waals surface area contributed by atoms with Gasteiger partial charge >= 0.3 is 0 Å². The van der Waals surface area contributed by atoms with Crippen LogP contribution in [-0.4, -0.2) is 34.6 Å². The van der Waals surface area contributed by atoms with E-state index in [2.05, 4.69) is 77.5 Å². The summed E-state index contributed by atoms with van der Waals surface area (Å²) < 4.78 is 6.58. The maximum Gasteiger partial charge on any atom is 0.0897 e. The van der Waals surface area contributed by atoms with Crippen molar-refractivity contribution in [3.8, 4) is 0 Å². The molecule has 0 radical (unpaired) electrons. The van der Waals surface area contributed by atoms with Crippen molar-refractivity contribution in [3.05, 3.63) is 81.6 Å². The molecule has 5 rings (SSSR count). The molecule has 1 fully saturated rings. The average Bonchev–Trinajstić information content (AvgIpc) is 3.49. The first-order valence-corrected chi connectivity index (χ1v) is 12.6. The highest BCUT2D eigenvalue weighted by Crippen LogP contribution is 2.52. The largest absolute Gasteiger partial charge is 0.373 e. The van der Waals surface area contributed by atoms with Gasteiger partial charge in [-0.05, 0) is 93.3 Å². The van der Waals surface area contributed by atoms with Gasteiger partial charge in [0.05, 0.1) is 12.7 Å². The van der Waals surface area contributed by atoms with Gasteiger partial charge in [0.2, 0.25) is 0 Å². The molecule has 168 valence electrons. The number of rotatable bonds is 6. The predicted molar refractivity (Wildman–Crippen MR) is 130 cm³/mol. The summed E-state index contributed by atoms with van der Waals surface area (Å²) >= 11 is 1.87. The van der Waals surface area contributed by atoms with Gasteiger partial charge in [0.15, 0.2) is 0 Å². The summed E-state index contributed by atoms with van der Waals surface area (Å²) in [7, 11) is 0. The Morgan fingerprint density at radius 2 is 2.12 bits per heavy atom. The number of aryl methyl sites for hydroxylation is 2. The molecule has 2 unspecified atom stereocenters. The van der Waals surface area contributed by atoms with Crippen molar-refractivity contribution in [3.63, 3.8) is 0 Å². The number of pyridine rings is 2. The summed E-state index contributed by atoms with van der Waals surface area (Å²) in [5, 5.41) is 2.19. The molecule has 0 amide bonds. The second-order valence-corrected chi connectivity index (χ2v) is 11.0. The molecule has 3 aromatic heterocycles. The molecule has 0 saturated carbocycles. The molecular formula is C27H33N3OS. The van der Waals surface area contributed by atoms with Crippen LogP contribution in [0.1, 0.15) is 60.1 Å². The van der Waals surface area contributed by atoms with E-state index in [-0.39, 0.29) is 17.1 Å². The van der Waals surface area contributed by atoms with Crippen LogP contribution in [0.25, 0.3) is 0 Å². The van der Waals surface area contributed by atoms with E-state index in [4.69, 9.17) is 4.74 Å². The van der Waals surface area contributed by atoms with Crippen molar-refractivity contribution in [1.29, 1.82) is 0 Å². The third-order valence-electron chi connectivity index (χ3n) is 7.68. The maximum absolute atomic E-state index is 6.58. The number of nitrogens with zero attached hydrogens (tertiary/aromatic N) is 3. The highest BCUT2D eigenvalue weighted by atomic mass is 32.1. The number of thiophene rings is 1. The average molecular weight is 448 g/mol. The lowest BCUT2D eigenvalue weighted by molar-refractivity contribution is -0.0562. The van der Waals surface area contributed by atoms with Crippen molar-refractivity contribution in [2.24, 2.45) is 5.41 Å². The molecule has 1 saturated heterocycles. The molecular weight excluding hydrogens is 414 g/mol. The fourth-order valence-electron chi connectivity index (χ4n) is 5.55. The van der Waals surface area contributed by atoms with E-state index in [1.54, 1.807) is 0 Å². The standard InChI is InChI=1S/C27H33N3OS/c1-20-6-7-22(18-29-20)26(2,3)30-14-12-27(19-30,11-8-23-5-4-16-32-23)25-24-9-13-28-17-21(24)10-15-31-25/h4-7,9,13,16-18,25H,8,10-12,14-15,19H2,1-3H3. The van der Waals surface area contributed by atoms with Crippen molar-refractivity contribution in [1.82, 2.24) is 14.9 Å². The topological polar surface area (TPSA) is 38.2 Å². The Hall–Kier alpha value is -2.08. The van der Waals surface area contributed by atoms with E-state index in [9.17, 15) is 0 Å². The molecule has 3 aromatic rings. The molecule has 2 atom stereocenters. The highest BCUT2D eigenvalue weighted by Gasteiger charge is 2.50. The minimum absolute atomic E-state index is 0.0683. The Balaban J connectivity index is 1.47. The summed E-state index contributed by atoms with van der Waals surface area (Å²) in [4.78, 5) is 13.1. The van der Waals surface area contributed by atoms with E-state index in [1.165, 1.54) is 21.6 Å². The summed E-state index contributed by atoms with van der Waals surface area (Å²) in [5.74, 6) is 0. The summed E-state index contributed by atoms with van der Waals surface area (Å²) in [6.07, 6.45) is 10.5. The monoisotopic (exact) mass is 447 g/mol. The quantitative estimate of drug-likeness (QED) is 0.484. The Bertz CT molecular complexity index is 1050. The van der Waals surface area contributed by atoms with Gasteiger partial charge in [-0.25, -0.2) is 0 Å². The molecule has 0 bridgehead atoms. The Kier molecular flexibility index (Phi) is 5.91. The lowest BCUT2D eigenvalue weighted by Gasteiger charge is -2.43. The van der Waals surface area contributed by atoms with Crippen molar-refractivity contribution < 1.29 is 4.74 Å². The predicted octanol–water partition coefficient (Wildman–Crippen LogP) is 5.72. The van der Waals surface area contributed by atoms with Gasteiger partial charge in [-0.2, -0.15) is 0 Å². The molecule has 32 heavy (non-hydrogen) atoms. The zero-order valence-electron chi connectivity index (χ0n) is 19.4. The van der Waals surface area contributed by atoms with Crippen LogP contribution in [0, 0.1) is 12.3 Å². The minimum atomic E-state index is -0.0683. The van der Waals surface area contributed by atoms with Gasteiger partial charge in [0, 0.05) is 46.7 Å². The Morgan fingerprint density at radius 1 is 1.22 bits per heavy atom. The normalized spacial score (nSPS) is 23.9.